The molecule has 3 N–H and O–H groups in total. The number of hydrogen-bond donors (Lipinski definition) is 2. The molecule has 1 aromatic heterocycles. The van der Waals surface area contributed by atoms with Gasteiger partial charge in [-0.3, -0.25) is 4.98 Å². The monoisotopic (exact) mass is 261 g/mol. The molecule has 0 atom stereocenters. The summed E-state index contributed by atoms with van der Waals surface area (Å²) in [5.41, 5.74) is 7.41. The van der Waals surface area contributed by atoms with Crippen molar-refractivity contribution in [1.82, 2.24) is 4.98 Å². The Kier molecular flexibility index (Phi) is 3.84. The molecule has 0 spiro atoms. The molecule has 0 bridgehead atoms. The van der Waals surface area contributed by atoms with Crippen LogP contribution in [0.5, 0.6) is 0 Å². The molecule has 0 saturated heterocycles. The zero-order valence-corrected chi connectivity index (χ0v) is 10.4. The average Bonchev–Trinajstić information content (AvgIpc) is 2.37. The third-order valence-electron chi connectivity index (χ3n) is 2.48. The van der Waals surface area contributed by atoms with E-state index < -0.39 is 5.82 Å². The van der Waals surface area contributed by atoms with Crippen LogP contribution in [0.2, 0.25) is 0 Å². The van der Waals surface area contributed by atoms with Crippen molar-refractivity contribution < 1.29 is 4.39 Å². The molecule has 0 aliphatic carbocycles. The third kappa shape index (κ3) is 3.01. The van der Waals surface area contributed by atoms with Gasteiger partial charge in [0.2, 0.25) is 0 Å². The number of rotatable bonds is 4. The summed E-state index contributed by atoms with van der Waals surface area (Å²) >= 11 is 4.74. The van der Waals surface area contributed by atoms with E-state index in [1.54, 1.807) is 24.5 Å². The Bertz CT molecular complexity index is 557. The lowest BCUT2D eigenvalue weighted by Crippen LogP contribution is -2.12. The number of pyridine rings is 1. The van der Waals surface area contributed by atoms with Gasteiger partial charge in [0.25, 0.3) is 0 Å². The van der Waals surface area contributed by atoms with Crippen molar-refractivity contribution in [1.29, 1.82) is 0 Å². The van der Waals surface area contributed by atoms with Gasteiger partial charge in [-0.25, -0.2) is 4.39 Å². The molecule has 0 radical (unpaired) electrons. The summed E-state index contributed by atoms with van der Waals surface area (Å²) in [5, 5.41) is 3.12. The zero-order chi connectivity index (χ0) is 13.0. The van der Waals surface area contributed by atoms with Crippen LogP contribution in [-0.4, -0.2) is 9.97 Å². The second kappa shape index (κ2) is 5.55. The summed E-state index contributed by atoms with van der Waals surface area (Å²) in [7, 11) is 0. The van der Waals surface area contributed by atoms with E-state index in [0.717, 1.165) is 5.56 Å². The summed E-state index contributed by atoms with van der Waals surface area (Å²) in [6.07, 6.45) is 3.43. The molecule has 0 fully saturated rings. The molecule has 1 aromatic carbocycles. The normalized spacial score (nSPS) is 10.1. The molecule has 0 unspecified atom stereocenters. The molecule has 1 heterocycles. The summed E-state index contributed by atoms with van der Waals surface area (Å²) in [5.74, 6) is -0.415. The van der Waals surface area contributed by atoms with Crippen molar-refractivity contribution in [2.75, 3.05) is 5.32 Å². The van der Waals surface area contributed by atoms with E-state index >= 15 is 0 Å². The SMILES string of the molecule is NC(=S)c1ccc(NCc2ccncc2)cc1F. The van der Waals surface area contributed by atoms with Crippen LogP contribution in [0.4, 0.5) is 10.1 Å². The van der Waals surface area contributed by atoms with Crippen molar-refractivity contribution in [2.45, 2.75) is 6.54 Å². The fraction of sp³-hybridized carbons (Fsp3) is 0.0769. The quantitative estimate of drug-likeness (QED) is 0.830. The molecular formula is C13H12FN3S. The Labute approximate surface area is 110 Å². The van der Waals surface area contributed by atoms with Gasteiger partial charge in [0.05, 0.1) is 0 Å². The number of anilines is 1. The standard InChI is InChI=1S/C13H12FN3S/c14-12-7-10(1-2-11(12)13(15)18)17-8-9-3-5-16-6-4-9/h1-7,17H,8H2,(H2,15,18). The Morgan fingerprint density at radius 1 is 1.28 bits per heavy atom. The first-order valence-electron chi connectivity index (χ1n) is 5.39. The summed E-state index contributed by atoms with van der Waals surface area (Å²) in [4.78, 5) is 3.99. The number of nitrogens with zero attached hydrogens (tertiary/aromatic N) is 1. The Hall–Kier alpha value is -2.01. The van der Waals surface area contributed by atoms with Crippen LogP contribution in [-0.2, 0) is 6.54 Å². The predicted molar refractivity (Wildman–Crippen MR) is 73.9 cm³/mol. The lowest BCUT2D eigenvalue weighted by molar-refractivity contribution is 0.626. The van der Waals surface area contributed by atoms with Crippen LogP contribution in [0.15, 0.2) is 42.7 Å². The van der Waals surface area contributed by atoms with Crippen molar-refractivity contribution in [2.24, 2.45) is 5.73 Å². The molecule has 18 heavy (non-hydrogen) atoms. The molecule has 0 aliphatic heterocycles. The van der Waals surface area contributed by atoms with E-state index in [0.29, 0.717) is 12.2 Å². The van der Waals surface area contributed by atoms with E-state index in [-0.39, 0.29) is 10.6 Å². The number of aromatic nitrogens is 1. The number of thiocarbonyl (C=S) groups is 1. The van der Waals surface area contributed by atoms with Gasteiger partial charge in [-0.15, -0.1) is 0 Å². The van der Waals surface area contributed by atoms with Crippen molar-refractivity contribution in [3.63, 3.8) is 0 Å². The highest BCUT2D eigenvalue weighted by molar-refractivity contribution is 7.80. The van der Waals surface area contributed by atoms with Gasteiger partial charge < -0.3 is 11.1 Å². The molecule has 2 rings (SSSR count). The number of nitrogens with one attached hydrogen (secondary N) is 1. The summed E-state index contributed by atoms with van der Waals surface area (Å²) in [6.45, 7) is 0.606. The van der Waals surface area contributed by atoms with Gasteiger partial charge in [-0.05, 0) is 35.9 Å². The Balaban J connectivity index is 2.07. The molecule has 2 aromatic rings. The van der Waals surface area contributed by atoms with Crippen molar-refractivity contribution in [3.8, 4) is 0 Å². The largest absolute Gasteiger partial charge is 0.389 e. The third-order valence-corrected chi connectivity index (χ3v) is 2.70. The van der Waals surface area contributed by atoms with Gasteiger partial charge in [0.15, 0.2) is 0 Å². The zero-order valence-electron chi connectivity index (χ0n) is 9.56. The molecular weight excluding hydrogens is 249 g/mol. The Morgan fingerprint density at radius 2 is 2.00 bits per heavy atom. The summed E-state index contributed by atoms with van der Waals surface area (Å²) in [6, 6.07) is 8.50. The lowest BCUT2D eigenvalue weighted by atomic mass is 10.2. The average molecular weight is 261 g/mol. The molecule has 0 saturated carbocycles. The number of nitrogens with two attached hydrogens (primary N) is 1. The number of benzene rings is 1. The van der Waals surface area contributed by atoms with Gasteiger partial charge in [-0.1, -0.05) is 12.2 Å². The predicted octanol–water partition coefficient (Wildman–Crippen LogP) is 2.47. The van der Waals surface area contributed by atoms with E-state index in [9.17, 15) is 4.39 Å². The molecule has 5 heteroatoms. The number of hydrogen-bond acceptors (Lipinski definition) is 3. The highest BCUT2D eigenvalue weighted by Crippen LogP contribution is 2.15. The van der Waals surface area contributed by atoms with Crippen LogP contribution in [0.1, 0.15) is 11.1 Å². The van der Waals surface area contributed by atoms with Gasteiger partial charge in [0, 0.05) is 30.2 Å². The van der Waals surface area contributed by atoms with E-state index in [2.05, 4.69) is 10.3 Å². The van der Waals surface area contributed by atoms with E-state index in [4.69, 9.17) is 18.0 Å². The van der Waals surface area contributed by atoms with Crippen LogP contribution >= 0.6 is 12.2 Å². The van der Waals surface area contributed by atoms with Crippen LogP contribution in [0.25, 0.3) is 0 Å². The van der Waals surface area contributed by atoms with Crippen LogP contribution < -0.4 is 11.1 Å². The van der Waals surface area contributed by atoms with Gasteiger partial charge >= 0.3 is 0 Å². The smallest absolute Gasteiger partial charge is 0.135 e. The van der Waals surface area contributed by atoms with Crippen LogP contribution in [0.3, 0.4) is 0 Å². The second-order valence-corrected chi connectivity index (χ2v) is 4.21. The highest BCUT2D eigenvalue weighted by atomic mass is 32.1. The first-order valence-corrected chi connectivity index (χ1v) is 5.80. The first-order chi connectivity index (χ1) is 8.66. The van der Waals surface area contributed by atoms with Gasteiger partial charge in [0.1, 0.15) is 10.8 Å². The maximum Gasteiger partial charge on any atom is 0.135 e. The molecule has 3 nitrogen and oxygen atoms in total. The molecule has 92 valence electrons. The van der Waals surface area contributed by atoms with Crippen molar-refractivity contribution >= 4 is 22.9 Å². The fourth-order valence-corrected chi connectivity index (χ4v) is 1.70. The van der Waals surface area contributed by atoms with E-state index in [1.165, 1.54) is 6.07 Å². The number of halogens is 1. The minimum Gasteiger partial charge on any atom is -0.389 e. The minimum absolute atomic E-state index is 0.0631. The highest BCUT2D eigenvalue weighted by Gasteiger charge is 2.05. The van der Waals surface area contributed by atoms with Crippen molar-refractivity contribution in [3.05, 3.63) is 59.7 Å². The van der Waals surface area contributed by atoms with E-state index in [1.807, 2.05) is 12.1 Å². The van der Waals surface area contributed by atoms with Crippen LogP contribution in [0, 0.1) is 5.82 Å². The maximum atomic E-state index is 13.6. The maximum absolute atomic E-state index is 13.6. The second-order valence-electron chi connectivity index (χ2n) is 3.77. The Morgan fingerprint density at radius 3 is 2.61 bits per heavy atom. The topological polar surface area (TPSA) is 50.9 Å². The van der Waals surface area contributed by atoms with Gasteiger partial charge in [-0.2, -0.15) is 0 Å². The minimum atomic E-state index is -0.415. The molecule has 0 aliphatic rings. The fourth-order valence-electron chi connectivity index (χ4n) is 1.53. The summed E-state index contributed by atoms with van der Waals surface area (Å²) < 4.78 is 13.6. The first kappa shape index (κ1) is 12.4. The molecule has 0 amide bonds. The lowest BCUT2D eigenvalue weighted by Gasteiger charge is -2.08.